The standard InChI is InChI=1S/C25H38N6O2/c1-8-25(6,7)31-23(27-28-29-31)22(16(2)3)30(10-9-11-32)15-20-14-19-12-17(4)18(5)13-21(19)26-24(20)33/h12-14,16,22,32H,8-11,15H2,1-7H3,(H,26,33)/t22-/m1/s1. The molecule has 1 aromatic carbocycles. The maximum atomic E-state index is 13.0. The van der Waals surface area contributed by atoms with Crippen molar-refractivity contribution in [3.8, 4) is 0 Å². The summed E-state index contributed by atoms with van der Waals surface area (Å²) < 4.78 is 1.92. The quantitative estimate of drug-likeness (QED) is 0.483. The smallest absolute Gasteiger partial charge is 0.252 e. The summed E-state index contributed by atoms with van der Waals surface area (Å²) in [6.45, 7) is 15.9. The van der Waals surface area contributed by atoms with E-state index in [1.807, 2.05) is 23.7 Å². The molecule has 2 heterocycles. The highest BCUT2D eigenvalue weighted by Crippen LogP contribution is 2.32. The van der Waals surface area contributed by atoms with E-state index in [0.717, 1.165) is 28.7 Å². The van der Waals surface area contributed by atoms with E-state index in [4.69, 9.17) is 0 Å². The van der Waals surface area contributed by atoms with E-state index in [1.165, 1.54) is 5.56 Å². The van der Waals surface area contributed by atoms with Gasteiger partial charge < -0.3 is 10.1 Å². The summed E-state index contributed by atoms with van der Waals surface area (Å²) in [6.07, 6.45) is 1.49. The highest BCUT2D eigenvalue weighted by molar-refractivity contribution is 5.80. The van der Waals surface area contributed by atoms with Crippen molar-refractivity contribution in [3.63, 3.8) is 0 Å². The van der Waals surface area contributed by atoms with E-state index >= 15 is 0 Å². The lowest BCUT2D eigenvalue weighted by molar-refractivity contribution is 0.115. The van der Waals surface area contributed by atoms with Crippen molar-refractivity contribution in [1.29, 1.82) is 0 Å². The van der Waals surface area contributed by atoms with Crippen LogP contribution in [-0.2, 0) is 12.1 Å². The molecule has 0 aliphatic carbocycles. The van der Waals surface area contributed by atoms with Crippen molar-refractivity contribution in [2.45, 2.75) is 79.4 Å². The molecule has 0 saturated carbocycles. The third-order valence-corrected chi connectivity index (χ3v) is 6.73. The number of tetrazole rings is 1. The van der Waals surface area contributed by atoms with Crippen LogP contribution in [0.25, 0.3) is 10.9 Å². The van der Waals surface area contributed by atoms with Gasteiger partial charge in [0.05, 0.1) is 11.6 Å². The Balaban J connectivity index is 2.06. The van der Waals surface area contributed by atoms with E-state index in [2.05, 4.69) is 73.0 Å². The summed E-state index contributed by atoms with van der Waals surface area (Å²) in [7, 11) is 0. The van der Waals surface area contributed by atoms with Gasteiger partial charge in [0.2, 0.25) is 0 Å². The normalized spacial score (nSPS) is 13.4. The van der Waals surface area contributed by atoms with Gasteiger partial charge in [-0.15, -0.1) is 5.10 Å². The first-order chi connectivity index (χ1) is 15.6. The van der Waals surface area contributed by atoms with E-state index in [-0.39, 0.29) is 29.7 Å². The Kier molecular flexibility index (Phi) is 7.69. The third-order valence-electron chi connectivity index (χ3n) is 6.73. The van der Waals surface area contributed by atoms with Crippen molar-refractivity contribution in [2.75, 3.05) is 13.2 Å². The Morgan fingerprint density at radius 3 is 2.52 bits per heavy atom. The minimum atomic E-state index is -0.232. The number of nitrogens with one attached hydrogen (secondary N) is 1. The van der Waals surface area contributed by atoms with Crippen LogP contribution >= 0.6 is 0 Å². The molecule has 2 N–H and O–H groups in total. The molecule has 180 valence electrons. The zero-order valence-electron chi connectivity index (χ0n) is 21.0. The number of pyridine rings is 1. The number of rotatable bonds is 10. The van der Waals surface area contributed by atoms with Crippen LogP contribution < -0.4 is 5.56 Å². The van der Waals surface area contributed by atoms with Gasteiger partial charge >= 0.3 is 0 Å². The Hall–Kier alpha value is -2.58. The lowest BCUT2D eigenvalue weighted by Crippen LogP contribution is -2.39. The van der Waals surface area contributed by atoms with Gasteiger partial charge in [-0.2, -0.15) is 0 Å². The number of aryl methyl sites for hydroxylation is 2. The van der Waals surface area contributed by atoms with Gasteiger partial charge in [0, 0.05) is 30.8 Å². The predicted molar refractivity (Wildman–Crippen MR) is 131 cm³/mol. The first-order valence-electron chi connectivity index (χ1n) is 11.9. The van der Waals surface area contributed by atoms with Crippen molar-refractivity contribution in [1.82, 2.24) is 30.1 Å². The molecule has 0 aliphatic rings. The van der Waals surface area contributed by atoms with Crippen molar-refractivity contribution < 1.29 is 5.11 Å². The average molecular weight is 455 g/mol. The second-order valence-electron chi connectivity index (χ2n) is 10.00. The monoisotopic (exact) mass is 454 g/mol. The number of fused-ring (bicyclic) bond motifs is 1. The Bertz CT molecular complexity index is 1150. The minimum absolute atomic E-state index is 0.0826. The molecule has 8 nitrogen and oxygen atoms in total. The van der Waals surface area contributed by atoms with Gasteiger partial charge in [0.1, 0.15) is 0 Å². The highest BCUT2D eigenvalue weighted by atomic mass is 16.3. The molecule has 1 atom stereocenters. The largest absolute Gasteiger partial charge is 0.396 e. The van der Waals surface area contributed by atoms with Crippen LogP contribution in [0, 0.1) is 19.8 Å². The number of hydrogen-bond acceptors (Lipinski definition) is 6. The van der Waals surface area contributed by atoms with Gasteiger partial charge in [-0.1, -0.05) is 20.8 Å². The fraction of sp³-hybridized carbons (Fsp3) is 0.600. The van der Waals surface area contributed by atoms with Crippen molar-refractivity contribution in [3.05, 3.63) is 51.1 Å². The second kappa shape index (κ2) is 10.1. The summed E-state index contributed by atoms with van der Waals surface area (Å²) >= 11 is 0. The maximum Gasteiger partial charge on any atom is 0.252 e. The summed E-state index contributed by atoms with van der Waals surface area (Å²) in [5, 5.41) is 23.3. The first kappa shape index (κ1) is 25.1. The van der Waals surface area contributed by atoms with E-state index in [1.54, 1.807) is 0 Å². The molecule has 3 aromatic rings. The Morgan fingerprint density at radius 1 is 1.18 bits per heavy atom. The number of H-pyrrole nitrogens is 1. The molecule has 0 unspecified atom stereocenters. The van der Waals surface area contributed by atoms with Crippen LogP contribution in [-0.4, -0.2) is 48.3 Å². The molecule has 3 rings (SSSR count). The summed E-state index contributed by atoms with van der Waals surface area (Å²) in [5.74, 6) is 0.990. The number of hydrogen-bond donors (Lipinski definition) is 2. The average Bonchev–Trinajstić information content (AvgIpc) is 3.24. The highest BCUT2D eigenvalue weighted by Gasteiger charge is 2.33. The van der Waals surface area contributed by atoms with Crippen LogP contribution in [0.5, 0.6) is 0 Å². The fourth-order valence-corrected chi connectivity index (χ4v) is 4.29. The second-order valence-corrected chi connectivity index (χ2v) is 10.00. The van der Waals surface area contributed by atoms with Crippen LogP contribution in [0.15, 0.2) is 23.0 Å². The van der Waals surface area contributed by atoms with Crippen LogP contribution in [0.2, 0.25) is 0 Å². The van der Waals surface area contributed by atoms with E-state index in [0.29, 0.717) is 25.1 Å². The summed E-state index contributed by atoms with van der Waals surface area (Å²) in [6, 6.07) is 6.03. The van der Waals surface area contributed by atoms with Crippen LogP contribution in [0.3, 0.4) is 0 Å². The number of benzene rings is 1. The summed E-state index contributed by atoms with van der Waals surface area (Å²) in [4.78, 5) is 18.3. The zero-order chi connectivity index (χ0) is 24.3. The number of aromatic amines is 1. The molecular weight excluding hydrogens is 416 g/mol. The van der Waals surface area contributed by atoms with E-state index < -0.39 is 0 Å². The molecular formula is C25H38N6O2. The summed E-state index contributed by atoms with van der Waals surface area (Å²) in [5.41, 5.74) is 3.57. The lowest BCUT2D eigenvalue weighted by Gasteiger charge is -2.35. The molecule has 0 amide bonds. The molecule has 0 radical (unpaired) electrons. The SMILES string of the molecule is CCC(C)(C)n1nnnc1[C@@H](C(C)C)N(CCCO)Cc1cc2cc(C)c(C)cc2[nH]c1=O. The topological polar surface area (TPSA) is 99.9 Å². The first-order valence-corrected chi connectivity index (χ1v) is 11.9. The molecule has 0 aliphatic heterocycles. The molecule has 0 bridgehead atoms. The zero-order valence-corrected chi connectivity index (χ0v) is 21.0. The molecule has 33 heavy (non-hydrogen) atoms. The van der Waals surface area contributed by atoms with Gasteiger partial charge in [-0.25, -0.2) is 4.68 Å². The van der Waals surface area contributed by atoms with E-state index in [9.17, 15) is 9.90 Å². The lowest BCUT2D eigenvalue weighted by atomic mass is 9.97. The van der Waals surface area contributed by atoms with Crippen molar-refractivity contribution >= 4 is 10.9 Å². The predicted octanol–water partition coefficient (Wildman–Crippen LogP) is 3.86. The number of nitrogens with zero attached hydrogens (tertiary/aromatic N) is 5. The minimum Gasteiger partial charge on any atom is -0.396 e. The Labute approximate surface area is 196 Å². The molecule has 0 saturated heterocycles. The number of aliphatic hydroxyl groups is 1. The van der Waals surface area contributed by atoms with Crippen LogP contribution in [0.4, 0.5) is 0 Å². The van der Waals surface area contributed by atoms with Gasteiger partial charge in [0.25, 0.3) is 5.56 Å². The number of aliphatic hydroxyl groups excluding tert-OH is 1. The Morgan fingerprint density at radius 2 is 1.88 bits per heavy atom. The fourth-order valence-electron chi connectivity index (χ4n) is 4.29. The van der Waals surface area contributed by atoms with Gasteiger partial charge in [-0.3, -0.25) is 9.69 Å². The molecule has 8 heteroatoms. The third kappa shape index (κ3) is 5.33. The number of aromatic nitrogens is 5. The molecule has 0 spiro atoms. The van der Waals surface area contributed by atoms with Crippen LogP contribution in [0.1, 0.15) is 76.0 Å². The van der Waals surface area contributed by atoms with Crippen molar-refractivity contribution in [2.24, 2.45) is 5.92 Å². The maximum absolute atomic E-state index is 13.0. The van der Waals surface area contributed by atoms with Gasteiger partial charge in [-0.05, 0) is 91.6 Å². The van der Waals surface area contributed by atoms with Gasteiger partial charge in [0.15, 0.2) is 5.82 Å². The molecule has 2 aromatic heterocycles. The molecule has 0 fully saturated rings.